The van der Waals surface area contributed by atoms with Crippen molar-refractivity contribution in [3.05, 3.63) is 24.3 Å². The van der Waals surface area contributed by atoms with Crippen LogP contribution in [0, 0.1) is 0 Å². The summed E-state index contributed by atoms with van der Waals surface area (Å²) in [6.07, 6.45) is 2.22. The number of methoxy groups -OCH3 is 1. The van der Waals surface area contributed by atoms with E-state index in [1.807, 2.05) is 6.92 Å². The number of carbonyl (C=O) groups is 1. The Hall–Kier alpha value is -2.44. The summed E-state index contributed by atoms with van der Waals surface area (Å²) in [5.41, 5.74) is 0.753. The average Bonchev–Trinajstić information content (AvgIpc) is 2.96. The van der Waals surface area contributed by atoms with E-state index in [0.29, 0.717) is 12.2 Å². The topological polar surface area (TPSA) is 90.1 Å². The Balaban J connectivity index is 2.33. The van der Waals surface area contributed by atoms with E-state index in [1.54, 1.807) is 31.4 Å². The third kappa shape index (κ3) is 3.36. The molecule has 112 valence electrons. The standard InChI is InChI=1S/C14H18N4O3/c1-3-4-5-12(14(19)20)18-13(15-16-17-18)10-6-8-11(21-2)9-7-10/h6-9,12H,3-5H2,1-2H3,(H,19,20). The van der Waals surface area contributed by atoms with Gasteiger partial charge in [-0.3, -0.25) is 0 Å². The van der Waals surface area contributed by atoms with E-state index in [9.17, 15) is 9.90 Å². The molecule has 0 saturated heterocycles. The van der Waals surface area contributed by atoms with Crippen molar-refractivity contribution in [2.75, 3.05) is 7.11 Å². The van der Waals surface area contributed by atoms with Crippen LogP contribution in [0.15, 0.2) is 24.3 Å². The lowest BCUT2D eigenvalue weighted by Gasteiger charge is -2.13. The van der Waals surface area contributed by atoms with Crippen molar-refractivity contribution >= 4 is 5.97 Å². The van der Waals surface area contributed by atoms with Crippen LogP contribution in [-0.4, -0.2) is 38.4 Å². The predicted molar refractivity (Wildman–Crippen MR) is 76.0 cm³/mol. The van der Waals surface area contributed by atoms with Crippen LogP contribution in [0.5, 0.6) is 5.75 Å². The highest BCUT2D eigenvalue weighted by atomic mass is 16.5. The zero-order valence-corrected chi connectivity index (χ0v) is 12.1. The molecule has 0 bridgehead atoms. The maximum Gasteiger partial charge on any atom is 0.328 e. The number of benzene rings is 1. The van der Waals surface area contributed by atoms with Crippen LogP contribution in [0.2, 0.25) is 0 Å². The summed E-state index contributed by atoms with van der Waals surface area (Å²) in [5.74, 6) is 0.241. The van der Waals surface area contributed by atoms with E-state index >= 15 is 0 Å². The Kier molecular flexibility index (Phi) is 4.86. The average molecular weight is 290 g/mol. The number of rotatable bonds is 7. The second kappa shape index (κ2) is 6.83. The third-order valence-electron chi connectivity index (χ3n) is 3.25. The van der Waals surface area contributed by atoms with Gasteiger partial charge in [-0.05, 0) is 41.1 Å². The van der Waals surface area contributed by atoms with Gasteiger partial charge in [0.2, 0.25) is 0 Å². The van der Waals surface area contributed by atoms with Crippen molar-refractivity contribution in [3.8, 4) is 17.1 Å². The number of aliphatic carboxylic acids is 1. The van der Waals surface area contributed by atoms with Crippen LogP contribution < -0.4 is 4.74 Å². The number of tetrazole rings is 1. The smallest absolute Gasteiger partial charge is 0.328 e. The summed E-state index contributed by atoms with van der Waals surface area (Å²) in [6, 6.07) is 6.43. The second-order valence-electron chi connectivity index (χ2n) is 4.67. The molecule has 0 amide bonds. The largest absolute Gasteiger partial charge is 0.497 e. The fourth-order valence-electron chi connectivity index (χ4n) is 2.08. The SMILES string of the molecule is CCCCC(C(=O)O)n1nnnc1-c1ccc(OC)cc1. The summed E-state index contributed by atoms with van der Waals surface area (Å²) in [4.78, 5) is 11.5. The number of carboxylic acid groups (broad SMARTS) is 1. The van der Waals surface area contributed by atoms with Gasteiger partial charge in [-0.2, -0.15) is 0 Å². The Morgan fingerprint density at radius 1 is 1.38 bits per heavy atom. The Morgan fingerprint density at radius 3 is 2.67 bits per heavy atom. The molecule has 0 saturated carbocycles. The lowest BCUT2D eigenvalue weighted by atomic mass is 10.1. The van der Waals surface area contributed by atoms with Crippen molar-refractivity contribution in [1.29, 1.82) is 0 Å². The van der Waals surface area contributed by atoms with Gasteiger partial charge in [-0.1, -0.05) is 19.8 Å². The first kappa shape index (κ1) is 15.0. The molecular formula is C14H18N4O3. The minimum atomic E-state index is -0.925. The highest BCUT2D eigenvalue weighted by molar-refractivity contribution is 5.72. The van der Waals surface area contributed by atoms with Crippen LogP contribution in [0.3, 0.4) is 0 Å². The van der Waals surface area contributed by atoms with Crippen molar-refractivity contribution in [2.24, 2.45) is 0 Å². The van der Waals surface area contributed by atoms with E-state index in [0.717, 1.165) is 24.2 Å². The van der Waals surface area contributed by atoms with E-state index < -0.39 is 12.0 Å². The van der Waals surface area contributed by atoms with Crippen LogP contribution in [0.4, 0.5) is 0 Å². The van der Waals surface area contributed by atoms with Gasteiger partial charge in [0.05, 0.1) is 7.11 Å². The second-order valence-corrected chi connectivity index (χ2v) is 4.67. The van der Waals surface area contributed by atoms with Crippen LogP contribution >= 0.6 is 0 Å². The Labute approximate surface area is 122 Å². The first-order chi connectivity index (χ1) is 10.2. The fourth-order valence-corrected chi connectivity index (χ4v) is 2.08. The molecule has 0 radical (unpaired) electrons. The monoisotopic (exact) mass is 290 g/mol. The molecule has 1 N–H and O–H groups in total. The van der Waals surface area contributed by atoms with Crippen molar-refractivity contribution < 1.29 is 14.6 Å². The lowest BCUT2D eigenvalue weighted by molar-refractivity contribution is -0.141. The Morgan fingerprint density at radius 2 is 2.10 bits per heavy atom. The molecule has 7 nitrogen and oxygen atoms in total. The van der Waals surface area contributed by atoms with Gasteiger partial charge in [0.1, 0.15) is 5.75 Å². The molecule has 2 rings (SSSR count). The molecular weight excluding hydrogens is 272 g/mol. The third-order valence-corrected chi connectivity index (χ3v) is 3.25. The number of unbranched alkanes of at least 4 members (excludes halogenated alkanes) is 1. The van der Waals surface area contributed by atoms with Crippen LogP contribution in [0.25, 0.3) is 11.4 Å². The van der Waals surface area contributed by atoms with E-state index in [1.165, 1.54) is 4.68 Å². The van der Waals surface area contributed by atoms with Crippen molar-refractivity contribution in [1.82, 2.24) is 20.2 Å². The number of ether oxygens (including phenoxy) is 1. The first-order valence-electron chi connectivity index (χ1n) is 6.82. The van der Waals surface area contributed by atoms with E-state index in [-0.39, 0.29) is 0 Å². The Bertz CT molecular complexity index is 595. The highest BCUT2D eigenvalue weighted by Crippen LogP contribution is 2.24. The van der Waals surface area contributed by atoms with Crippen molar-refractivity contribution in [3.63, 3.8) is 0 Å². The molecule has 1 aromatic carbocycles. The summed E-state index contributed by atoms with van der Waals surface area (Å²) >= 11 is 0. The lowest BCUT2D eigenvalue weighted by Crippen LogP contribution is -2.21. The molecule has 1 aromatic heterocycles. The molecule has 0 fully saturated rings. The normalized spacial score (nSPS) is 12.1. The number of aromatic nitrogens is 4. The summed E-state index contributed by atoms with van der Waals surface area (Å²) < 4.78 is 6.48. The van der Waals surface area contributed by atoms with Crippen LogP contribution in [0.1, 0.15) is 32.2 Å². The van der Waals surface area contributed by atoms with Gasteiger partial charge in [-0.15, -0.1) is 5.10 Å². The molecule has 0 aliphatic rings. The molecule has 7 heteroatoms. The summed E-state index contributed by atoms with van der Waals surface area (Å²) in [7, 11) is 1.59. The minimum Gasteiger partial charge on any atom is -0.497 e. The molecule has 1 atom stereocenters. The zero-order valence-electron chi connectivity index (χ0n) is 12.1. The summed E-state index contributed by atoms with van der Waals surface area (Å²) in [5, 5.41) is 20.8. The van der Waals surface area contributed by atoms with Gasteiger partial charge in [-0.25, -0.2) is 9.48 Å². The maximum atomic E-state index is 11.5. The van der Waals surface area contributed by atoms with Gasteiger partial charge >= 0.3 is 5.97 Å². The van der Waals surface area contributed by atoms with Gasteiger partial charge < -0.3 is 9.84 Å². The molecule has 0 aliphatic carbocycles. The quantitative estimate of drug-likeness (QED) is 0.840. The van der Waals surface area contributed by atoms with E-state index in [4.69, 9.17) is 4.74 Å². The number of carboxylic acids is 1. The molecule has 0 spiro atoms. The first-order valence-corrected chi connectivity index (χ1v) is 6.82. The van der Waals surface area contributed by atoms with Gasteiger partial charge in [0, 0.05) is 5.56 Å². The van der Waals surface area contributed by atoms with Gasteiger partial charge in [0.25, 0.3) is 0 Å². The molecule has 0 aliphatic heterocycles. The predicted octanol–water partition coefficient (Wildman–Crippen LogP) is 2.16. The minimum absolute atomic E-state index is 0.446. The molecule has 1 heterocycles. The molecule has 1 unspecified atom stereocenters. The van der Waals surface area contributed by atoms with Crippen LogP contribution in [-0.2, 0) is 4.79 Å². The number of hydrogen-bond acceptors (Lipinski definition) is 5. The zero-order chi connectivity index (χ0) is 15.2. The molecule has 21 heavy (non-hydrogen) atoms. The molecule has 2 aromatic rings. The highest BCUT2D eigenvalue weighted by Gasteiger charge is 2.24. The number of hydrogen-bond donors (Lipinski definition) is 1. The van der Waals surface area contributed by atoms with Gasteiger partial charge in [0.15, 0.2) is 11.9 Å². The summed E-state index contributed by atoms with van der Waals surface area (Å²) in [6.45, 7) is 2.02. The van der Waals surface area contributed by atoms with E-state index in [2.05, 4.69) is 15.5 Å². The number of nitrogens with zero attached hydrogens (tertiary/aromatic N) is 4. The van der Waals surface area contributed by atoms with Crippen molar-refractivity contribution in [2.45, 2.75) is 32.2 Å². The maximum absolute atomic E-state index is 11.5. The fraction of sp³-hybridized carbons (Fsp3) is 0.429.